The molecule has 294 valence electrons. The number of imide groups is 1. The number of pyridine rings is 1. The number of amides is 3. The number of nitrogens with zero attached hydrogens (tertiary/aromatic N) is 9. The second-order valence-corrected chi connectivity index (χ2v) is 15.8. The largest absolute Gasteiger partial charge is 0.474 e. The van der Waals surface area contributed by atoms with E-state index in [-0.39, 0.29) is 24.4 Å². The summed E-state index contributed by atoms with van der Waals surface area (Å²) in [5, 5.41) is 13.9. The SMILES string of the molecule is Cc1cc(N2CCC(F)(CN3CCC(n4cc(Nc5ncc6c(n5)CN(c5cnc7c(c5C)NCCO7)CC6)cn4)CC3)CC2)ccc1N1CCC(=O)NC1=O. The van der Waals surface area contributed by atoms with E-state index in [1.807, 2.05) is 48.5 Å². The van der Waals surface area contributed by atoms with Crippen molar-refractivity contribution in [2.75, 3.05) is 84.3 Å². The van der Waals surface area contributed by atoms with E-state index in [9.17, 15) is 9.59 Å². The summed E-state index contributed by atoms with van der Waals surface area (Å²) in [7, 11) is 0. The average Bonchev–Trinajstić information content (AvgIpc) is 3.67. The Balaban J connectivity index is 0.756. The lowest BCUT2D eigenvalue weighted by atomic mass is 9.91. The molecule has 5 aliphatic heterocycles. The highest BCUT2D eigenvalue weighted by Gasteiger charge is 2.38. The minimum atomic E-state index is -1.23. The highest BCUT2D eigenvalue weighted by atomic mass is 19.1. The zero-order chi connectivity index (χ0) is 38.4. The van der Waals surface area contributed by atoms with Gasteiger partial charge >= 0.3 is 6.03 Å². The number of alkyl halides is 1. The summed E-state index contributed by atoms with van der Waals surface area (Å²) in [6, 6.07) is 5.84. The van der Waals surface area contributed by atoms with E-state index >= 15 is 4.39 Å². The van der Waals surface area contributed by atoms with Gasteiger partial charge in [-0.2, -0.15) is 5.10 Å². The van der Waals surface area contributed by atoms with E-state index in [1.165, 1.54) is 0 Å². The lowest BCUT2D eigenvalue weighted by Gasteiger charge is -2.42. The number of hydrogen-bond donors (Lipinski definition) is 3. The molecule has 3 N–H and O–H groups in total. The highest BCUT2D eigenvalue weighted by Crippen LogP contribution is 2.37. The summed E-state index contributed by atoms with van der Waals surface area (Å²) in [5.74, 6) is 0.968. The van der Waals surface area contributed by atoms with Gasteiger partial charge in [0.25, 0.3) is 0 Å². The summed E-state index contributed by atoms with van der Waals surface area (Å²) in [5.41, 5.74) is 7.74. The molecule has 0 aliphatic carbocycles. The number of halogens is 1. The molecule has 4 aromatic rings. The van der Waals surface area contributed by atoms with Crippen LogP contribution in [0.4, 0.5) is 43.6 Å². The van der Waals surface area contributed by atoms with Crippen LogP contribution in [0.5, 0.6) is 5.88 Å². The van der Waals surface area contributed by atoms with Crippen LogP contribution in [0.3, 0.4) is 0 Å². The zero-order valence-corrected chi connectivity index (χ0v) is 32.1. The van der Waals surface area contributed by atoms with Crippen molar-refractivity contribution in [3.05, 3.63) is 65.4 Å². The Labute approximate surface area is 325 Å². The summed E-state index contributed by atoms with van der Waals surface area (Å²) in [4.78, 5) is 46.5. The number of nitrogens with one attached hydrogen (secondary N) is 3. The molecule has 9 rings (SSSR count). The number of fused-ring (bicyclic) bond motifs is 2. The van der Waals surface area contributed by atoms with Crippen LogP contribution >= 0.6 is 0 Å². The van der Waals surface area contributed by atoms with Crippen molar-refractivity contribution in [3.8, 4) is 5.88 Å². The van der Waals surface area contributed by atoms with Crippen LogP contribution in [0.1, 0.15) is 60.5 Å². The molecule has 5 aliphatic rings. The first-order valence-corrected chi connectivity index (χ1v) is 19.8. The standard InChI is InChI=1S/C40H49FN12O3/c1-26-19-31(3-4-33(26)52-15-8-35(54)48-39(52)55)50-16-9-40(41,10-17-50)25-49-12-6-30(7-13-49)53-23-29(21-45-53)46-38-44-20-28-5-14-51(24-32(28)47-38)34-22-43-37-36(27(34)2)42-11-18-56-37/h3-4,19-23,30,42H,5-18,24-25H2,1-2H3,(H,44,46,47)(H,48,54,55). The summed E-state index contributed by atoms with van der Waals surface area (Å²) in [6.45, 7) is 10.8. The monoisotopic (exact) mass is 764 g/mol. The molecule has 15 nitrogen and oxygen atoms in total. The van der Waals surface area contributed by atoms with Gasteiger partial charge in [0.1, 0.15) is 18.0 Å². The zero-order valence-electron chi connectivity index (χ0n) is 32.1. The van der Waals surface area contributed by atoms with Gasteiger partial charge < -0.3 is 30.1 Å². The van der Waals surface area contributed by atoms with Crippen LogP contribution in [0, 0.1) is 13.8 Å². The Morgan fingerprint density at radius 3 is 2.61 bits per heavy atom. The maximum Gasteiger partial charge on any atom is 0.328 e. The van der Waals surface area contributed by atoms with Crippen molar-refractivity contribution in [1.29, 1.82) is 0 Å². The van der Waals surface area contributed by atoms with Crippen molar-refractivity contribution in [2.45, 2.75) is 70.6 Å². The number of ether oxygens (including phenoxy) is 1. The molecule has 8 heterocycles. The second-order valence-electron chi connectivity index (χ2n) is 15.8. The van der Waals surface area contributed by atoms with Gasteiger partial charge in [-0.25, -0.2) is 24.1 Å². The lowest BCUT2D eigenvalue weighted by Crippen LogP contribution is -2.50. The van der Waals surface area contributed by atoms with E-state index in [1.54, 1.807) is 4.90 Å². The molecule has 0 spiro atoms. The van der Waals surface area contributed by atoms with Crippen LogP contribution in [0.25, 0.3) is 0 Å². The summed E-state index contributed by atoms with van der Waals surface area (Å²) in [6.07, 6.45) is 11.6. The van der Waals surface area contributed by atoms with Crippen molar-refractivity contribution in [3.63, 3.8) is 0 Å². The molecule has 56 heavy (non-hydrogen) atoms. The molecule has 3 aromatic heterocycles. The van der Waals surface area contributed by atoms with Gasteiger partial charge in [0, 0.05) is 101 Å². The Bertz CT molecular complexity index is 2130. The summed E-state index contributed by atoms with van der Waals surface area (Å²) >= 11 is 0. The van der Waals surface area contributed by atoms with E-state index in [0.29, 0.717) is 64.0 Å². The first-order chi connectivity index (χ1) is 27.2. The van der Waals surface area contributed by atoms with Crippen molar-refractivity contribution < 1.29 is 18.7 Å². The minimum Gasteiger partial charge on any atom is -0.474 e. The van der Waals surface area contributed by atoms with E-state index in [2.05, 4.69) is 58.7 Å². The predicted molar refractivity (Wildman–Crippen MR) is 212 cm³/mol. The van der Waals surface area contributed by atoms with Crippen LogP contribution in [-0.2, 0) is 17.8 Å². The fourth-order valence-corrected chi connectivity index (χ4v) is 8.83. The number of urea groups is 1. The van der Waals surface area contributed by atoms with E-state index in [4.69, 9.17) is 9.72 Å². The smallest absolute Gasteiger partial charge is 0.328 e. The first-order valence-electron chi connectivity index (χ1n) is 19.8. The number of anilines is 6. The molecular formula is C40H49FN12O3. The average molecular weight is 765 g/mol. The summed E-state index contributed by atoms with van der Waals surface area (Å²) < 4.78 is 24.0. The quantitative estimate of drug-likeness (QED) is 0.225. The number of rotatable bonds is 8. The van der Waals surface area contributed by atoms with Gasteiger partial charge in [0.15, 0.2) is 0 Å². The number of benzene rings is 1. The molecular weight excluding hydrogens is 716 g/mol. The molecule has 0 radical (unpaired) electrons. The third kappa shape index (κ3) is 7.29. The van der Waals surface area contributed by atoms with E-state index in [0.717, 1.165) is 96.3 Å². The van der Waals surface area contributed by atoms with Crippen molar-refractivity contribution in [1.82, 2.24) is 34.9 Å². The van der Waals surface area contributed by atoms with Gasteiger partial charge in [-0.3, -0.25) is 19.7 Å². The Morgan fingerprint density at radius 1 is 0.964 bits per heavy atom. The molecule has 3 fully saturated rings. The first kappa shape index (κ1) is 36.1. The van der Waals surface area contributed by atoms with Crippen molar-refractivity contribution >= 4 is 46.3 Å². The molecule has 0 saturated carbocycles. The van der Waals surface area contributed by atoms with E-state index < -0.39 is 5.67 Å². The Morgan fingerprint density at radius 2 is 1.80 bits per heavy atom. The normalized spacial score (nSPS) is 20.2. The van der Waals surface area contributed by atoms with Crippen LogP contribution < -0.4 is 35.4 Å². The molecule has 3 saturated heterocycles. The van der Waals surface area contributed by atoms with Gasteiger partial charge in [0.05, 0.1) is 42.0 Å². The van der Waals surface area contributed by atoms with Gasteiger partial charge in [-0.15, -0.1) is 0 Å². The number of carbonyl (C=O) groups excluding carboxylic acids is 2. The highest BCUT2D eigenvalue weighted by molar-refractivity contribution is 6.06. The minimum absolute atomic E-state index is 0.244. The number of aromatic nitrogens is 5. The van der Waals surface area contributed by atoms with Crippen molar-refractivity contribution in [2.24, 2.45) is 0 Å². The third-order valence-corrected chi connectivity index (χ3v) is 12.1. The number of aryl methyl sites for hydroxylation is 1. The molecule has 3 amide bonds. The van der Waals surface area contributed by atoms with Gasteiger partial charge in [-0.05, 0) is 62.4 Å². The van der Waals surface area contributed by atoms with Crippen LogP contribution in [-0.4, -0.2) is 106 Å². The number of hydrogen-bond acceptors (Lipinski definition) is 12. The molecule has 16 heteroatoms. The lowest BCUT2D eigenvalue weighted by molar-refractivity contribution is -0.120. The molecule has 1 aromatic carbocycles. The molecule has 0 unspecified atom stereocenters. The maximum absolute atomic E-state index is 16.2. The topological polar surface area (TPSA) is 149 Å². The number of likely N-dealkylation sites (tertiary alicyclic amines) is 1. The second kappa shape index (κ2) is 14.9. The Kier molecular flexibility index (Phi) is 9.59. The third-order valence-electron chi connectivity index (χ3n) is 12.1. The Hall–Kier alpha value is -5.51. The van der Waals surface area contributed by atoms with Crippen LogP contribution in [0.15, 0.2) is 43.0 Å². The molecule has 0 bridgehead atoms. The molecule has 0 atom stereocenters. The van der Waals surface area contributed by atoms with Crippen LogP contribution in [0.2, 0.25) is 0 Å². The van der Waals surface area contributed by atoms with Gasteiger partial charge in [-0.1, -0.05) is 0 Å². The maximum atomic E-state index is 16.2. The fourth-order valence-electron chi connectivity index (χ4n) is 8.83. The number of carbonyl (C=O) groups is 2. The predicted octanol–water partition coefficient (Wildman–Crippen LogP) is 4.89. The van der Waals surface area contributed by atoms with Gasteiger partial charge in [0.2, 0.25) is 17.7 Å². The number of piperidine rings is 2. The fraction of sp³-hybridized carbons (Fsp3) is 0.500.